The van der Waals surface area contributed by atoms with Crippen molar-refractivity contribution < 1.29 is 21.9 Å². The first-order valence-electron chi connectivity index (χ1n) is 7.53. The quantitative estimate of drug-likeness (QED) is 0.785. The molecule has 0 saturated carbocycles. The van der Waals surface area contributed by atoms with E-state index in [4.69, 9.17) is 0 Å². The first kappa shape index (κ1) is 18.4. The van der Waals surface area contributed by atoms with Crippen molar-refractivity contribution in [1.29, 1.82) is 0 Å². The van der Waals surface area contributed by atoms with Crippen LogP contribution in [0.2, 0.25) is 0 Å². The van der Waals surface area contributed by atoms with Crippen molar-refractivity contribution >= 4 is 10.0 Å². The molecule has 0 atom stereocenters. The van der Waals surface area contributed by atoms with Crippen LogP contribution in [0.5, 0.6) is 5.75 Å². The van der Waals surface area contributed by atoms with Gasteiger partial charge in [-0.1, -0.05) is 37.6 Å². The zero-order valence-corrected chi connectivity index (χ0v) is 14.0. The number of hydrogen-bond donors (Lipinski definition) is 1. The van der Waals surface area contributed by atoms with E-state index in [1.54, 1.807) is 24.3 Å². The molecule has 0 fully saturated rings. The van der Waals surface area contributed by atoms with Gasteiger partial charge in [0.25, 0.3) is 0 Å². The Hall–Kier alpha value is -1.99. The first-order chi connectivity index (χ1) is 11.4. The topological polar surface area (TPSA) is 55.4 Å². The van der Waals surface area contributed by atoms with Crippen LogP contribution in [0.4, 0.5) is 8.78 Å². The third-order valence-electron chi connectivity index (χ3n) is 3.39. The zero-order chi connectivity index (χ0) is 17.6. The fraction of sp³-hybridized carbons (Fsp3) is 0.294. The second-order valence-electron chi connectivity index (χ2n) is 5.24. The number of ether oxygens (including phenoxy) is 1. The fourth-order valence-corrected chi connectivity index (χ4v) is 3.19. The Bertz CT molecular complexity index is 744. The van der Waals surface area contributed by atoms with Gasteiger partial charge in [-0.3, -0.25) is 0 Å². The molecular weight excluding hydrogens is 336 g/mol. The number of halogens is 2. The summed E-state index contributed by atoms with van der Waals surface area (Å²) in [5, 5.41) is 0. The van der Waals surface area contributed by atoms with E-state index in [2.05, 4.69) is 16.4 Å². The Kier molecular flexibility index (Phi) is 6.28. The molecule has 2 aromatic rings. The highest BCUT2D eigenvalue weighted by Gasteiger charge is 2.13. The standard InChI is InChI=1S/C17H19F2NO3S/c1-2-3-13-6-10-16(11-7-13)24(21,22)20-12-14-4-8-15(9-5-14)23-17(18)19/h4-11,17,20H,2-3,12H2,1H3. The van der Waals surface area contributed by atoms with Crippen LogP contribution in [0.3, 0.4) is 0 Å². The summed E-state index contributed by atoms with van der Waals surface area (Å²) in [4.78, 5) is 0.194. The summed E-state index contributed by atoms with van der Waals surface area (Å²) in [5.41, 5.74) is 1.73. The lowest BCUT2D eigenvalue weighted by molar-refractivity contribution is -0.0498. The molecule has 0 aromatic heterocycles. The van der Waals surface area contributed by atoms with Crippen LogP contribution in [-0.2, 0) is 23.0 Å². The summed E-state index contributed by atoms with van der Waals surface area (Å²) in [6.45, 7) is -0.761. The number of hydrogen-bond acceptors (Lipinski definition) is 3. The van der Waals surface area contributed by atoms with Crippen molar-refractivity contribution in [3.63, 3.8) is 0 Å². The minimum atomic E-state index is -3.62. The average Bonchev–Trinajstić information content (AvgIpc) is 2.55. The summed E-state index contributed by atoms with van der Waals surface area (Å²) in [5.74, 6) is 0.0307. The van der Waals surface area contributed by atoms with E-state index in [1.807, 2.05) is 0 Å². The zero-order valence-electron chi connectivity index (χ0n) is 13.2. The largest absolute Gasteiger partial charge is 0.435 e. The molecular formula is C17H19F2NO3S. The third kappa shape index (κ3) is 5.28. The number of rotatable bonds is 8. The highest BCUT2D eigenvalue weighted by Crippen LogP contribution is 2.16. The van der Waals surface area contributed by atoms with Crippen molar-refractivity contribution in [1.82, 2.24) is 4.72 Å². The van der Waals surface area contributed by atoms with Gasteiger partial charge >= 0.3 is 6.61 Å². The molecule has 0 amide bonds. The van der Waals surface area contributed by atoms with Crippen LogP contribution in [0.1, 0.15) is 24.5 Å². The van der Waals surface area contributed by atoms with Crippen molar-refractivity contribution in [2.75, 3.05) is 0 Å². The van der Waals surface area contributed by atoms with Gasteiger partial charge in [-0.15, -0.1) is 0 Å². The molecule has 24 heavy (non-hydrogen) atoms. The lowest BCUT2D eigenvalue weighted by atomic mass is 10.1. The Morgan fingerprint density at radius 3 is 2.12 bits per heavy atom. The summed E-state index contributed by atoms with van der Waals surface area (Å²) in [6, 6.07) is 12.6. The van der Waals surface area contributed by atoms with Crippen LogP contribution in [0.25, 0.3) is 0 Å². The second-order valence-corrected chi connectivity index (χ2v) is 7.01. The van der Waals surface area contributed by atoms with E-state index in [0.717, 1.165) is 18.4 Å². The van der Waals surface area contributed by atoms with E-state index in [9.17, 15) is 17.2 Å². The molecule has 0 aliphatic heterocycles. The van der Waals surface area contributed by atoms with Crippen molar-refractivity contribution in [3.8, 4) is 5.75 Å². The summed E-state index contributed by atoms with van der Waals surface area (Å²) in [7, 11) is -3.62. The van der Waals surface area contributed by atoms with Gasteiger partial charge < -0.3 is 4.74 Å². The maximum Gasteiger partial charge on any atom is 0.387 e. The molecule has 7 heteroatoms. The molecule has 0 radical (unpaired) electrons. The summed E-state index contributed by atoms with van der Waals surface area (Å²) >= 11 is 0. The van der Waals surface area contributed by atoms with E-state index >= 15 is 0 Å². The van der Waals surface area contributed by atoms with Gasteiger partial charge in [0.15, 0.2) is 0 Å². The van der Waals surface area contributed by atoms with Crippen molar-refractivity contribution in [3.05, 3.63) is 59.7 Å². The normalized spacial score (nSPS) is 11.7. The van der Waals surface area contributed by atoms with E-state index in [1.165, 1.54) is 24.3 Å². The molecule has 130 valence electrons. The monoisotopic (exact) mass is 355 g/mol. The Balaban J connectivity index is 1.99. The average molecular weight is 355 g/mol. The predicted molar refractivity (Wildman–Crippen MR) is 87.5 cm³/mol. The molecule has 0 spiro atoms. The fourth-order valence-electron chi connectivity index (χ4n) is 2.17. The minimum Gasteiger partial charge on any atom is -0.435 e. The van der Waals surface area contributed by atoms with Crippen LogP contribution in [0.15, 0.2) is 53.4 Å². The smallest absolute Gasteiger partial charge is 0.387 e. The number of sulfonamides is 1. The lowest BCUT2D eigenvalue weighted by Crippen LogP contribution is -2.23. The third-order valence-corrected chi connectivity index (χ3v) is 4.80. The van der Waals surface area contributed by atoms with Gasteiger partial charge in [-0.2, -0.15) is 8.78 Å². The Labute approximate surface area is 140 Å². The predicted octanol–water partition coefficient (Wildman–Crippen LogP) is 3.72. The maximum absolute atomic E-state index is 12.3. The van der Waals surface area contributed by atoms with Crippen LogP contribution in [-0.4, -0.2) is 15.0 Å². The number of benzene rings is 2. The molecule has 0 heterocycles. The molecule has 4 nitrogen and oxygen atoms in total. The van der Waals surface area contributed by atoms with E-state index in [-0.39, 0.29) is 17.2 Å². The van der Waals surface area contributed by atoms with Gasteiger partial charge in [-0.05, 0) is 41.8 Å². The maximum atomic E-state index is 12.3. The summed E-state index contributed by atoms with van der Waals surface area (Å²) < 4.78 is 55.4. The Morgan fingerprint density at radius 1 is 1.00 bits per heavy atom. The van der Waals surface area contributed by atoms with Gasteiger partial charge in [0, 0.05) is 6.54 Å². The molecule has 0 aliphatic rings. The van der Waals surface area contributed by atoms with Gasteiger partial charge in [0.2, 0.25) is 10.0 Å². The highest BCUT2D eigenvalue weighted by molar-refractivity contribution is 7.89. The SMILES string of the molecule is CCCc1ccc(S(=O)(=O)NCc2ccc(OC(F)F)cc2)cc1. The van der Waals surface area contributed by atoms with Gasteiger partial charge in [-0.25, -0.2) is 13.1 Å². The molecule has 0 bridgehead atoms. The lowest BCUT2D eigenvalue weighted by Gasteiger charge is -2.09. The number of alkyl halides is 2. The number of nitrogens with one attached hydrogen (secondary N) is 1. The minimum absolute atomic E-state index is 0.0307. The van der Waals surface area contributed by atoms with E-state index in [0.29, 0.717) is 5.56 Å². The first-order valence-corrected chi connectivity index (χ1v) is 9.01. The second kappa shape index (κ2) is 8.21. The molecule has 1 N–H and O–H groups in total. The van der Waals surface area contributed by atoms with Crippen molar-refractivity contribution in [2.24, 2.45) is 0 Å². The molecule has 0 saturated heterocycles. The Morgan fingerprint density at radius 2 is 1.58 bits per heavy atom. The van der Waals surface area contributed by atoms with Crippen molar-refractivity contribution in [2.45, 2.75) is 37.8 Å². The number of aryl methyl sites for hydroxylation is 1. The molecule has 0 unspecified atom stereocenters. The molecule has 2 aromatic carbocycles. The molecule has 0 aliphatic carbocycles. The van der Waals surface area contributed by atoms with Crippen LogP contribution in [0, 0.1) is 0 Å². The van der Waals surface area contributed by atoms with Gasteiger partial charge in [0.05, 0.1) is 4.90 Å². The molecule has 2 rings (SSSR count). The van der Waals surface area contributed by atoms with Crippen LogP contribution >= 0.6 is 0 Å². The van der Waals surface area contributed by atoms with Crippen LogP contribution < -0.4 is 9.46 Å². The van der Waals surface area contributed by atoms with E-state index < -0.39 is 16.6 Å². The highest BCUT2D eigenvalue weighted by atomic mass is 32.2. The summed E-state index contributed by atoms with van der Waals surface area (Å²) in [6.07, 6.45) is 1.90. The van der Waals surface area contributed by atoms with Gasteiger partial charge in [0.1, 0.15) is 5.75 Å².